The minimum atomic E-state index is -3.28. The van der Waals surface area contributed by atoms with Gasteiger partial charge >= 0.3 is 0 Å². The normalized spacial score (nSPS) is 15.4. The summed E-state index contributed by atoms with van der Waals surface area (Å²) < 4.78 is 24.7. The number of hydrogen-bond donors (Lipinski definition) is 3. The van der Waals surface area contributed by atoms with Gasteiger partial charge in [-0.1, -0.05) is 54.1 Å². The van der Waals surface area contributed by atoms with Gasteiger partial charge in [0.25, 0.3) is 0 Å². The fourth-order valence-electron chi connectivity index (χ4n) is 3.56. The van der Waals surface area contributed by atoms with Crippen molar-refractivity contribution in [3.63, 3.8) is 0 Å². The molecule has 0 aliphatic heterocycles. The average molecular weight is 500 g/mol. The van der Waals surface area contributed by atoms with Crippen molar-refractivity contribution in [3.05, 3.63) is 83.0 Å². The largest absolute Gasteiger partial charge is 0.367 e. The van der Waals surface area contributed by atoms with Crippen LogP contribution in [0.15, 0.2) is 71.8 Å². The topological polar surface area (TPSA) is 108 Å². The number of pyridine rings is 1. The Labute approximate surface area is 204 Å². The minimum Gasteiger partial charge on any atom is -0.367 e. The SMILES string of the molecule is CC(O)(Nc1ncc(NC(=O)Cc2ccc(S(=O)(=O)CC3CC3)cc2)cc1Cl)c1ccccc1. The van der Waals surface area contributed by atoms with Crippen molar-refractivity contribution in [1.29, 1.82) is 0 Å². The van der Waals surface area contributed by atoms with Gasteiger partial charge in [-0.05, 0) is 49.4 Å². The van der Waals surface area contributed by atoms with Crippen LogP contribution in [0, 0.1) is 5.92 Å². The van der Waals surface area contributed by atoms with Gasteiger partial charge in [0.1, 0.15) is 5.82 Å². The highest BCUT2D eigenvalue weighted by molar-refractivity contribution is 7.91. The first-order chi connectivity index (χ1) is 16.1. The minimum absolute atomic E-state index is 0.0727. The number of hydrogen-bond acceptors (Lipinski definition) is 6. The van der Waals surface area contributed by atoms with E-state index in [2.05, 4.69) is 15.6 Å². The van der Waals surface area contributed by atoms with E-state index >= 15 is 0 Å². The molecule has 1 saturated carbocycles. The van der Waals surface area contributed by atoms with Gasteiger partial charge in [-0.25, -0.2) is 13.4 Å². The van der Waals surface area contributed by atoms with Gasteiger partial charge in [0.15, 0.2) is 15.6 Å². The summed E-state index contributed by atoms with van der Waals surface area (Å²) in [5, 5.41) is 16.6. The van der Waals surface area contributed by atoms with E-state index in [1.165, 1.54) is 6.20 Å². The van der Waals surface area contributed by atoms with Crippen LogP contribution < -0.4 is 10.6 Å². The molecular weight excluding hydrogens is 474 g/mol. The van der Waals surface area contributed by atoms with Crippen LogP contribution in [0.2, 0.25) is 5.02 Å². The fourth-order valence-corrected chi connectivity index (χ4v) is 5.47. The lowest BCUT2D eigenvalue weighted by molar-refractivity contribution is -0.115. The second-order valence-electron chi connectivity index (χ2n) is 8.71. The van der Waals surface area contributed by atoms with Crippen LogP contribution in [0.1, 0.15) is 30.9 Å². The quantitative estimate of drug-likeness (QED) is 0.377. The summed E-state index contributed by atoms with van der Waals surface area (Å²) in [4.78, 5) is 17.0. The zero-order chi connectivity index (χ0) is 24.3. The van der Waals surface area contributed by atoms with Crippen molar-refractivity contribution >= 4 is 38.9 Å². The van der Waals surface area contributed by atoms with Gasteiger partial charge in [0, 0.05) is 5.56 Å². The molecule has 0 radical (unpaired) electrons. The highest BCUT2D eigenvalue weighted by atomic mass is 35.5. The van der Waals surface area contributed by atoms with Gasteiger partial charge in [0.2, 0.25) is 5.91 Å². The maximum absolute atomic E-state index is 12.5. The molecule has 7 nitrogen and oxygen atoms in total. The van der Waals surface area contributed by atoms with Crippen molar-refractivity contribution in [2.24, 2.45) is 5.92 Å². The van der Waals surface area contributed by atoms with E-state index in [4.69, 9.17) is 11.6 Å². The maximum atomic E-state index is 12.5. The number of aliphatic hydroxyl groups is 1. The number of carbonyl (C=O) groups is 1. The number of benzene rings is 2. The number of rotatable bonds is 9. The molecule has 34 heavy (non-hydrogen) atoms. The summed E-state index contributed by atoms with van der Waals surface area (Å²) in [6.45, 7) is 1.60. The Kier molecular flexibility index (Phi) is 6.93. The van der Waals surface area contributed by atoms with E-state index in [0.717, 1.165) is 12.8 Å². The van der Waals surface area contributed by atoms with Gasteiger partial charge in [-0.2, -0.15) is 0 Å². The molecule has 1 unspecified atom stereocenters. The number of anilines is 2. The summed E-state index contributed by atoms with van der Waals surface area (Å²) in [6, 6.07) is 17.0. The molecule has 1 fully saturated rings. The standard InChI is InChI=1S/C25H26ClN3O4S/c1-25(31,19-5-3-2-4-6-19)29-24-22(26)14-20(15-27-24)28-23(30)13-17-9-11-21(12-10-17)34(32,33)16-18-7-8-18/h2-6,9-12,14-15,18,31H,7-8,13,16H2,1H3,(H,27,29)(H,28,30). The Morgan fingerprint density at radius 1 is 1.15 bits per heavy atom. The summed E-state index contributed by atoms with van der Waals surface area (Å²) in [5.74, 6) is 0.452. The number of nitrogens with zero attached hydrogens (tertiary/aromatic N) is 1. The van der Waals surface area contributed by atoms with Gasteiger partial charge in [0.05, 0.1) is 34.0 Å². The predicted molar refractivity (Wildman–Crippen MR) is 132 cm³/mol. The summed E-state index contributed by atoms with van der Waals surface area (Å²) in [5.41, 5.74) is 0.361. The summed E-state index contributed by atoms with van der Waals surface area (Å²) >= 11 is 6.32. The van der Waals surface area contributed by atoms with Gasteiger partial charge < -0.3 is 15.7 Å². The molecule has 3 aromatic rings. The molecule has 178 valence electrons. The smallest absolute Gasteiger partial charge is 0.228 e. The monoisotopic (exact) mass is 499 g/mol. The molecule has 3 N–H and O–H groups in total. The second kappa shape index (κ2) is 9.74. The Morgan fingerprint density at radius 2 is 1.82 bits per heavy atom. The molecule has 4 rings (SSSR count). The first kappa shape index (κ1) is 24.2. The van der Waals surface area contributed by atoms with Crippen LogP contribution in [0.4, 0.5) is 11.5 Å². The number of aromatic nitrogens is 1. The Balaban J connectivity index is 1.36. The van der Waals surface area contributed by atoms with Crippen molar-refractivity contribution in [3.8, 4) is 0 Å². The lowest BCUT2D eigenvalue weighted by Gasteiger charge is -2.26. The third-order valence-electron chi connectivity index (χ3n) is 5.62. The zero-order valence-electron chi connectivity index (χ0n) is 18.7. The lowest BCUT2D eigenvalue weighted by Crippen LogP contribution is -2.31. The Hall–Kier alpha value is -2.94. The van der Waals surface area contributed by atoms with E-state index in [9.17, 15) is 18.3 Å². The number of amides is 1. The van der Waals surface area contributed by atoms with E-state index in [0.29, 0.717) is 16.8 Å². The van der Waals surface area contributed by atoms with Gasteiger partial charge in [-0.15, -0.1) is 0 Å². The van der Waals surface area contributed by atoms with E-state index < -0.39 is 15.6 Å². The first-order valence-electron chi connectivity index (χ1n) is 11.0. The molecular formula is C25H26ClN3O4S. The third kappa shape index (κ3) is 6.14. The highest BCUT2D eigenvalue weighted by Crippen LogP contribution is 2.32. The molecule has 9 heteroatoms. The van der Waals surface area contributed by atoms with E-state index in [-0.39, 0.29) is 39.7 Å². The molecule has 1 atom stereocenters. The summed E-state index contributed by atoms with van der Waals surface area (Å²) in [7, 11) is -3.28. The van der Waals surface area contributed by atoms with E-state index in [1.54, 1.807) is 49.4 Å². The van der Waals surface area contributed by atoms with Crippen LogP contribution in [0.5, 0.6) is 0 Å². The predicted octanol–water partition coefficient (Wildman–Crippen LogP) is 4.38. The van der Waals surface area contributed by atoms with Crippen LogP contribution >= 0.6 is 11.6 Å². The van der Waals surface area contributed by atoms with Crippen molar-refractivity contribution in [2.45, 2.75) is 36.8 Å². The summed E-state index contributed by atoms with van der Waals surface area (Å²) in [6.07, 6.45) is 3.46. The van der Waals surface area contributed by atoms with Crippen LogP contribution in [-0.2, 0) is 26.8 Å². The number of sulfone groups is 1. The molecule has 1 aromatic heterocycles. The fraction of sp³-hybridized carbons (Fsp3) is 0.280. The Bertz CT molecular complexity index is 1280. The number of halogens is 1. The van der Waals surface area contributed by atoms with Crippen molar-refractivity contribution in [1.82, 2.24) is 4.98 Å². The van der Waals surface area contributed by atoms with Crippen LogP contribution in [0.25, 0.3) is 0 Å². The molecule has 1 amide bonds. The molecule has 0 saturated heterocycles. The molecule has 0 spiro atoms. The highest BCUT2D eigenvalue weighted by Gasteiger charge is 2.29. The first-order valence-corrected chi connectivity index (χ1v) is 13.0. The number of nitrogens with one attached hydrogen (secondary N) is 2. The lowest BCUT2D eigenvalue weighted by atomic mass is 10.1. The van der Waals surface area contributed by atoms with Crippen LogP contribution in [-0.4, -0.2) is 30.2 Å². The average Bonchev–Trinajstić information content (AvgIpc) is 3.60. The van der Waals surface area contributed by atoms with Crippen molar-refractivity contribution in [2.75, 3.05) is 16.4 Å². The number of carbonyl (C=O) groups excluding carboxylic acids is 1. The molecule has 0 bridgehead atoms. The Morgan fingerprint density at radius 3 is 2.44 bits per heavy atom. The van der Waals surface area contributed by atoms with E-state index in [1.807, 2.05) is 18.2 Å². The van der Waals surface area contributed by atoms with Crippen molar-refractivity contribution < 1.29 is 18.3 Å². The van der Waals surface area contributed by atoms with Gasteiger partial charge in [-0.3, -0.25) is 4.79 Å². The molecule has 1 heterocycles. The molecule has 1 aliphatic carbocycles. The third-order valence-corrected chi connectivity index (χ3v) is 7.81. The zero-order valence-corrected chi connectivity index (χ0v) is 20.2. The molecule has 1 aliphatic rings. The van der Waals surface area contributed by atoms with Crippen LogP contribution in [0.3, 0.4) is 0 Å². The maximum Gasteiger partial charge on any atom is 0.228 e. The second-order valence-corrected chi connectivity index (χ2v) is 11.2. The molecule has 2 aromatic carbocycles.